The highest BCUT2D eigenvalue weighted by molar-refractivity contribution is 8.00. The van der Waals surface area contributed by atoms with Crippen molar-refractivity contribution in [1.82, 2.24) is 4.98 Å². The summed E-state index contributed by atoms with van der Waals surface area (Å²) in [4.78, 5) is 16.3. The number of thioether (sulfide) groups is 1. The normalized spacial score (nSPS) is 12.2. The standard InChI is InChI=1S/C14H17N3O2S/c1-8-7-19-14(16-8)20-10(3)13(18)17-12-6-4-5-11(15)9(12)2/h4-7,10H,15H2,1-3H3,(H,17,18). The van der Waals surface area contributed by atoms with E-state index in [1.54, 1.807) is 19.3 Å². The second kappa shape index (κ2) is 6.00. The van der Waals surface area contributed by atoms with Gasteiger partial charge >= 0.3 is 0 Å². The van der Waals surface area contributed by atoms with Crippen LogP contribution in [0.25, 0.3) is 0 Å². The summed E-state index contributed by atoms with van der Waals surface area (Å²) in [7, 11) is 0. The number of aryl methyl sites for hydroxylation is 1. The number of rotatable bonds is 4. The summed E-state index contributed by atoms with van der Waals surface area (Å²) in [6, 6.07) is 5.45. The van der Waals surface area contributed by atoms with Gasteiger partial charge in [0.25, 0.3) is 5.22 Å². The molecular weight excluding hydrogens is 274 g/mol. The Kier molecular flexibility index (Phi) is 4.34. The Labute approximate surface area is 122 Å². The predicted octanol–water partition coefficient (Wildman–Crippen LogP) is 2.99. The molecule has 1 aromatic heterocycles. The zero-order valence-electron chi connectivity index (χ0n) is 11.6. The fourth-order valence-electron chi connectivity index (χ4n) is 1.61. The van der Waals surface area contributed by atoms with Gasteiger partial charge in [-0.1, -0.05) is 17.8 Å². The van der Waals surface area contributed by atoms with Crippen molar-refractivity contribution >= 4 is 29.0 Å². The number of nitrogens with one attached hydrogen (secondary N) is 1. The van der Waals surface area contributed by atoms with Gasteiger partial charge in [-0.25, -0.2) is 4.98 Å². The van der Waals surface area contributed by atoms with E-state index in [1.165, 1.54) is 11.8 Å². The number of oxazole rings is 1. The molecule has 0 saturated carbocycles. The van der Waals surface area contributed by atoms with Crippen molar-refractivity contribution in [3.8, 4) is 0 Å². The number of nitrogens with zero attached hydrogens (tertiary/aromatic N) is 1. The van der Waals surface area contributed by atoms with E-state index < -0.39 is 0 Å². The maximum absolute atomic E-state index is 12.1. The predicted molar refractivity (Wildman–Crippen MR) is 80.8 cm³/mol. The van der Waals surface area contributed by atoms with E-state index >= 15 is 0 Å². The van der Waals surface area contributed by atoms with Gasteiger partial charge in [-0.3, -0.25) is 4.79 Å². The minimum Gasteiger partial charge on any atom is -0.440 e. The Bertz CT molecular complexity index is 625. The number of hydrogen-bond donors (Lipinski definition) is 2. The largest absolute Gasteiger partial charge is 0.440 e. The number of aromatic nitrogens is 1. The minimum absolute atomic E-state index is 0.112. The molecule has 1 atom stereocenters. The van der Waals surface area contributed by atoms with Crippen LogP contribution in [0.5, 0.6) is 0 Å². The van der Waals surface area contributed by atoms with Crippen molar-refractivity contribution in [2.24, 2.45) is 0 Å². The molecule has 1 heterocycles. The van der Waals surface area contributed by atoms with Crippen LogP contribution in [0.1, 0.15) is 18.2 Å². The molecule has 3 N–H and O–H groups in total. The minimum atomic E-state index is -0.311. The van der Waals surface area contributed by atoms with Crippen LogP contribution in [0.2, 0.25) is 0 Å². The summed E-state index contributed by atoms with van der Waals surface area (Å²) < 4.78 is 5.23. The molecule has 20 heavy (non-hydrogen) atoms. The van der Waals surface area contributed by atoms with Crippen molar-refractivity contribution in [3.05, 3.63) is 35.7 Å². The maximum atomic E-state index is 12.1. The van der Waals surface area contributed by atoms with E-state index in [0.29, 0.717) is 10.9 Å². The van der Waals surface area contributed by atoms with Crippen LogP contribution in [0.15, 0.2) is 34.1 Å². The molecular formula is C14H17N3O2S. The van der Waals surface area contributed by atoms with Gasteiger partial charge in [-0.2, -0.15) is 0 Å². The molecule has 0 radical (unpaired) electrons. The van der Waals surface area contributed by atoms with Gasteiger partial charge in [-0.05, 0) is 38.5 Å². The lowest BCUT2D eigenvalue weighted by Crippen LogP contribution is -2.23. The molecule has 2 aromatic rings. The van der Waals surface area contributed by atoms with Crippen LogP contribution in [0, 0.1) is 13.8 Å². The first-order chi connectivity index (χ1) is 9.47. The molecule has 1 amide bonds. The number of benzene rings is 1. The van der Waals surface area contributed by atoms with Crippen molar-refractivity contribution in [2.75, 3.05) is 11.1 Å². The number of nitrogen functional groups attached to an aromatic ring is 1. The summed E-state index contributed by atoms with van der Waals surface area (Å²) in [5.41, 5.74) is 8.87. The van der Waals surface area contributed by atoms with Crippen molar-refractivity contribution in [3.63, 3.8) is 0 Å². The van der Waals surface area contributed by atoms with Crippen LogP contribution in [-0.2, 0) is 4.79 Å². The highest BCUT2D eigenvalue weighted by Gasteiger charge is 2.18. The monoisotopic (exact) mass is 291 g/mol. The number of anilines is 2. The first kappa shape index (κ1) is 14.5. The lowest BCUT2D eigenvalue weighted by Gasteiger charge is -2.13. The van der Waals surface area contributed by atoms with Gasteiger partial charge in [0.05, 0.1) is 10.9 Å². The van der Waals surface area contributed by atoms with E-state index in [1.807, 2.05) is 26.0 Å². The Morgan fingerprint density at radius 2 is 2.20 bits per heavy atom. The lowest BCUT2D eigenvalue weighted by atomic mass is 10.1. The Balaban J connectivity index is 2.02. The van der Waals surface area contributed by atoms with Gasteiger partial charge in [0.15, 0.2) is 0 Å². The third-order valence-corrected chi connectivity index (χ3v) is 3.84. The number of amides is 1. The second-order valence-corrected chi connectivity index (χ2v) is 5.82. The zero-order chi connectivity index (χ0) is 14.7. The SMILES string of the molecule is Cc1coc(SC(C)C(=O)Nc2cccc(N)c2C)n1. The number of carbonyl (C=O) groups excluding carboxylic acids is 1. The zero-order valence-corrected chi connectivity index (χ0v) is 12.5. The van der Waals surface area contributed by atoms with Crippen LogP contribution < -0.4 is 11.1 Å². The number of nitrogens with two attached hydrogens (primary N) is 1. The molecule has 1 unspecified atom stereocenters. The van der Waals surface area contributed by atoms with Gasteiger partial charge in [0.2, 0.25) is 5.91 Å². The fraction of sp³-hybridized carbons (Fsp3) is 0.286. The molecule has 0 aliphatic heterocycles. The van der Waals surface area contributed by atoms with Gasteiger partial charge in [-0.15, -0.1) is 0 Å². The van der Waals surface area contributed by atoms with E-state index in [-0.39, 0.29) is 11.2 Å². The average Bonchev–Trinajstić information content (AvgIpc) is 2.80. The molecule has 106 valence electrons. The van der Waals surface area contributed by atoms with E-state index in [2.05, 4.69) is 10.3 Å². The van der Waals surface area contributed by atoms with Crippen LogP contribution in [0.4, 0.5) is 11.4 Å². The first-order valence-electron chi connectivity index (χ1n) is 6.22. The number of hydrogen-bond acceptors (Lipinski definition) is 5. The summed E-state index contributed by atoms with van der Waals surface area (Å²) in [5.74, 6) is -0.112. The second-order valence-electron chi connectivity index (χ2n) is 4.52. The summed E-state index contributed by atoms with van der Waals surface area (Å²) in [5, 5.41) is 3.05. The highest BCUT2D eigenvalue weighted by atomic mass is 32.2. The summed E-state index contributed by atoms with van der Waals surface area (Å²) in [6.07, 6.45) is 1.56. The summed E-state index contributed by atoms with van der Waals surface area (Å²) in [6.45, 7) is 5.52. The Morgan fingerprint density at radius 1 is 1.45 bits per heavy atom. The molecule has 0 saturated heterocycles. The molecule has 0 bridgehead atoms. The topological polar surface area (TPSA) is 81.2 Å². The molecule has 1 aromatic carbocycles. The van der Waals surface area contributed by atoms with Crippen molar-refractivity contribution < 1.29 is 9.21 Å². The van der Waals surface area contributed by atoms with Gasteiger partial charge in [0.1, 0.15) is 6.26 Å². The molecule has 6 heteroatoms. The maximum Gasteiger partial charge on any atom is 0.256 e. The lowest BCUT2D eigenvalue weighted by molar-refractivity contribution is -0.115. The molecule has 0 fully saturated rings. The quantitative estimate of drug-likeness (QED) is 0.668. The van der Waals surface area contributed by atoms with Gasteiger partial charge in [0, 0.05) is 11.4 Å². The average molecular weight is 291 g/mol. The van der Waals surface area contributed by atoms with Crippen LogP contribution in [0.3, 0.4) is 0 Å². The third kappa shape index (κ3) is 3.33. The first-order valence-corrected chi connectivity index (χ1v) is 7.10. The number of carbonyl (C=O) groups is 1. The van der Waals surface area contributed by atoms with E-state index in [4.69, 9.17) is 10.2 Å². The van der Waals surface area contributed by atoms with Crippen LogP contribution in [-0.4, -0.2) is 16.1 Å². The van der Waals surface area contributed by atoms with E-state index in [9.17, 15) is 4.79 Å². The molecule has 0 aliphatic rings. The third-order valence-electron chi connectivity index (χ3n) is 2.88. The molecule has 0 spiro atoms. The smallest absolute Gasteiger partial charge is 0.256 e. The fourth-order valence-corrected chi connectivity index (χ4v) is 2.38. The van der Waals surface area contributed by atoms with E-state index in [0.717, 1.165) is 16.9 Å². The van der Waals surface area contributed by atoms with Crippen molar-refractivity contribution in [1.29, 1.82) is 0 Å². The van der Waals surface area contributed by atoms with Crippen molar-refractivity contribution in [2.45, 2.75) is 31.2 Å². The Hall–Kier alpha value is -1.95. The van der Waals surface area contributed by atoms with Gasteiger partial charge < -0.3 is 15.5 Å². The molecule has 5 nitrogen and oxygen atoms in total. The Morgan fingerprint density at radius 3 is 2.85 bits per heavy atom. The molecule has 0 aliphatic carbocycles. The van der Waals surface area contributed by atoms with Crippen LogP contribution >= 0.6 is 11.8 Å². The summed E-state index contributed by atoms with van der Waals surface area (Å²) >= 11 is 1.28. The molecule has 2 rings (SSSR count). The highest BCUT2D eigenvalue weighted by Crippen LogP contribution is 2.25.